The molecule has 2 aliphatic rings. The minimum Gasteiger partial charge on any atom is -0.264 e. The number of nitro groups is 1. The summed E-state index contributed by atoms with van der Waals surface area (Å²) in [5.74, 6) is 1.50. The maximum Gasteiger partial charge on any atom is 0.217 e. The fourth-order valence-electron chi connectivity index (χ4n) is 2.55. The van der Waals surface area contributed by atoms with Crippen molar-refractivity contribution in [2.75, 3.05) is 5.75 Å². The summed E-state index contributed by atoms with van der Waals surface area (Å²) < 4.78 is 0. The van der Waals surface area contributed by atoms with Crippen LogP contribution in [-0.4, -0.2) is 27.3 Å². The molecule has 4 atom stereocenters. The SMILES string of the molecule is C/C=S1/CC2C([N+](=O)[O-])CCC[C@@H]21. The molecule has 0 spiro atoms. The minimum absolute atomic E-state index is 0.0484. The van der Waals surface area contributed by atoms with Gasteiger partial charge < -0.3 is 0 Å². The molecule has 0 N–H and O–H groups in total. The Morgan fingerprint density at radius 1 is 1.54 bits per heavy atom. The average molecular weight is 201 g/mol. The minimum atomic E-state index is -0.220. The van der Waals surface area contributed by atoms with Gasteiger partial charge in [0.15, 0.2) is 0 Å². The zero-order chi connectivity index (χ0) is 9.42. The summed E-state index contributed by atoms with van der Waals surface area (Å²) in [6, 6.07) is -0.220. The van der Waals surface area contributed by atoms with Gasteiger partial charge in [-0.05, 0) is 25.5 Å². The summed E-state index contributed by atoms with van der Waals surface area (Å²) >= 11 is 0. The van der Waals surface area contributed by atoms with Crippen LogP contribution in [-0.2, 0) is 0 Å². The monoisotopic (exact) mass is 201 g/mol. The summed E-state index contributed by atoms with van der Waals surface area (Å²) in [6.45, 7) is 2.09. The van der Waals surface area contributed by atoms with Crippen LogP contribution < -0.4 is 0 Å². The molecule has 74 valence electrons. The highest BCUT2D eigenvalue weighted by molar-refractivity contribution is 8.16. The van der Waals surface area contributed by atoms with Crippen molar-refractivity contribution in [2.45, 2.75) is 37.5 Å². The van der Waals surface area contributed by atoms with Gasteiger partial charge in [-0.25, -0.2) is 0 Å². The third-order valence-corrected chi connectivity index (χ3v) is 6.05. The predicted molar refractivity (Wildman–Crippen MR) is 56.1 cm³/mol. The van der Waals surface area contributed by atoms with Gasteiger partial charge in [-0.15, -0.1) is 0 Å². The summed E-state index contributed by atoms with van der Waals surface area (Å²) in [4.78, 5) is 10.7. The van der Waals surface area contributed by atoms with Crippen molar-refractivity contribution < 1.29 is 4.92 Å². The van der Waals surface area contributed by atoms with E-state index in [9.17, 15) is 10.1 Å². The lowest BCUT2D eigenvalue weighted by Gasteiger charge is -2.44. The first-order chi connectivity index (χ1) is 6.24. The molecular formula is C9H15NO2S. The molecule has 1 heterocycles. The summed E-state index contributed by atoms with van der Waals surface area (Å²) in [6.07, 6.45) is 3.10. The van der Waals surface area contributed by atoms with Gasteiger partial charge in [0, 0.05) is 22.5 Å². The molecule has 0 aromatic carbocycles. The second kappa shape index (κ2) is 3.40. The first-order valence-electron chi connectivity index (χ1n) is 4.85. The van der Waals surface area contributed by atoms with E-state index in [2.05, 4.69) is 12.3 Å². The Morgan fingerprint density at radius 3 is 2.92 bits per heavy atom. The van der Waals surface area contributed by atoms with Crippen LogP contribution >= 0.6 is 10.5 Å². The van der Waals surface area contributed by atoms with E-state index in [1.54, 1.807) is 0 Å². The molecule has 1 saturated carbocycles. The molecule has 0 amide bonds. The Labute approximate surface area is 80.6 Å². The van der Waals surface area contributed by atoms with Crippen molar-refractivity contribution in [1.29, 1.82) is 0 Å². The van der Waals surface area contributed by atoms with Gasteiger partial charge in [-0.2, -0.15) is 10.5 Å². The van der Waals surface area contributed by atoms with Crippen molar-refractivity contribution in [3.8, 4) is 0 Å². The maximum atomic E-state index is 10.7. The van der Waals surface area contributed by atoms with Crippen molar-refractivity contribution in [1.82, 2.24) is 0 Å². The molecule has 2 fully saturated rings. The fraction of sp³-hybridized carbons (Fsp3) is 0.889. The lowest BCUT2D eigenvalue weighted by molar-refractivity contribution is -0.534. The second-order valence-electron chi connectivity index (χ2n) is 3.86. The molecule has 1 aliphatic carbocycles. The molecule has 3 nitrogen and oxygen atoms in total. The van der Waals surface area contributed by atoms with E-state index in [1.165, 1.54) is 6.42 Å². The zero-order valence-corrected chi connectivity index (χ0v) is 8.63. The van der Waals surface area contributed by atoms with E-state index in [0.29, 0.717) is 21.7 Å². The maximum absolute atomic E-state index is 10.7. The Bertz CT molecular complexity index is 264. The van der Waals surface area contributed by atoms with Gasteiger partial charge in [-0.3, -0.25) is 10.1 Å². The van der Waals surface area contributed by atoms with Gasteiger partial charge >= 0.3 is 0 Å². The molecule has 0 aromatic rings. The summed E-state index contributed by atoms with van der Waals surface area (Å²) in [5.41, 5.74) is 0. The number of hydrogen-bond donors (Lipinski definition) is 0. The zero-order valence-electron chi connectivity index (χ0n) is 7.81. The van der Waals surface area contributed by atoms with E-state index in [1.807, 2.05) is 0 Å². The normalized spacial score (nSPS) is 43.8. The van der Waals surface area contributed by atoms with E-state index in [-0.39, 0.29) is 11.0 Å². The van der Waals surface area contributed by atoms with Crippen LogP contribution in [0.1, 0.15) is 26.2 Å². The molecule has 3 unspecified atom stereocenters. The van der Waals surface area contributed by atoms with Crippen LogP contribution in [0.2, 0.25) is 0 Å². The molecule has 0 radical (unpaired) electrons. The molecular weight excluding hydrogens is 186 g/mol. The van der Waals surface area contributed by atoms with Crippen LogP contribution in [0.5, 0.6) is 0 Å². The Hall–Kier alpha value is -0.380. The largest absolute Gasteiger partial charge is 0.264 e. The van der Waals surface area contributed by atoms with E-state index in [0.717, 1.165) is 18.6 Å². The molecule has 1 saturated heterocycles. The van der Waals surface area contributed by atoms with Crippen molar-refractivity contribution >= 4 is 15.9 Å². The highest BCUT2D eigenvalue weighted by Crippen LogP contribution is 2.49. The van der Waals surface area contributed by atoms with Gasteiger partial charge in [0.2, 0.25) is 6.04 Å². The highest BCUT2D eigenvalue weighted by Gasteiger charge is 2.48. The van der Waals surface area contributed by atoms with Crippen molar-refractivity contribution in [3.05, 3.63) is 10.1 Å². The molecule has 2 rings (SSSR count). The van der Waals surface area contributed by atoms with Gasteiger partial charge in [-0.1, -0.05) is 5.37 Å². The lowest BCUT2D eigenvalue weighted by atomic mass is 9.85. The highest BCUT2D eigenvalue weighted by atomic mass is 32.2. The summed E-state index contributed by atoms with van der Waals surface area (Å²) in [7, 11) is 0.413. The molecule has 4 heteroatoms. The Morgan fingerprint density at radius 2 is 2.31 bits per heavy atom. The van der Waals surface area contributed by atoms with Crippen LogP contribution in [0.25, 0.3) is 0 Å². The van der Waals surface area contributed by atoms with Crippen LogP contribution in [0.4, 0.5) is 0 Å². The van der Waals surface area contributed by atoms with Crippen molar-refractivity contribution in [2.24, 2.45) is 5.92 Å². The van der Waals surface area contributed by atoms with Gasteiger partial charge in [0.1, 0.15) is 0 Å². The second-order valence-corrected chi connectivity index (χ2v) is 6.21. The molecule has 0 aromatic heterocycles. The van der Waals surface area contributed by atoms with Crippen LogP contribution in [0, 0.1) is 16.0 Å². The Balaban J connectivity index is 2.08. The summed E-state index contributed by atoms with van der Waals surface area (Å²) in [5, 5.41) is 13.7. The van der Waals surface area contributed by atoms with Crippen molar-refractivity contribution in [3.63, 3.8) is 0 Å². The standard InChI is InChI=1S/C9H15NO2S/c1-2-13-6-7-8(10(11)12)4-3-5-9(7)13/h2,7-9H,3-6H2,1H3/t7?,8?,9-,13?/m0/s1. The average Bonchev–Trinajstić information content (AvgIpc) is 2.06. The number of fused-ring (bicyclic) bond motifs is 1. The molecule has 0 bridgehead atoms. The van der Waals surface area contributed by atoms with Gasteiger partial charge in [0.05, 0.1) is 0 Å². The molecule has 1 aliphatic heterocycles. The van der Waals surface area contributed by atoms with Crippen LogP contribution in [0.3, 0.4) is 0 Å². The first-order valence-corrected chi connectivity index (χ1v) is 6.37. The molecule has 13 heavy (non-hydrogen) atoms. The van der Waals surface area contributed by atoms with E-state index >= 15 is 0 Å². The number of rotatable bonds is 1. The first kappa shape index (κ1) is 9.19. The van der Waals surface area contributed by atoms with Gasteiger partial charge in [0.25, 0.3) is 0 Å². The smallest absolute Gasteiger partial charge is 0.217 e. The third kappa shape index (κ3) is 1.41. The van der Waals surface area contributed by atoms with Crippen LogP contribution in [0.15, 0.2) is 0 Å². The fourth-order valence-corrected chi connectivity index (χ4v) is 5.08. The topological polar surface area (TPSA) is 43.1 Å². The predicted octanol–water partition coefficient (Wildman–Crippen LogP) is 1.91. The quantitative estimate of drug-likeness (QED) is 0.369. The van der Waals surface area contributed by atoms with E-state index in [4.69, 9.17) is 0 Å². The third-order valence-electron chi connectivity index (χ3n) is 3.31. The number of hydrogen-bond acceptors (Lipinski definition) is 2. The number of nitrogens with zero attached hydrogens (tertiary/aromatic N) is 1. The lowest BCUT2D eigenvalue weighted by Crippen LogP contribution is -2.48. The van der Waals surface area contributed by atoms with E-state index < -0.39 is 0 Å². The Kier molecular flexibility index (Phi) is 2.41.